The molecule has 0 bridgehead atoms. The highest BCUT2D eigenvalue weighted by atomic mass is 32.2. The molecule has 116 valence electrons. The zero-order valence-corrected chi connectivity index (χ0v) is 13.5. The van der Waals surface area contributed by atoms with E-state index < -0.39 is 0 Å². The summed E-state index contributed by atoms with van der Waals surface area (Å²) in [6, 6.07) is 13.0. The molecular weight excluding hydrogens is 300 g/mol. The van der Waals surface area contributed by atoms with E-state index in [2.05, 4.69) is 10.6 Å². The average molecular weight is 318 g/mol. The largest absolute Gasteiger partial charge is 0.495 e. The van der Waals surface area contributed by atoms with Crippen LogP contribution in [0.2, 0.25) is 0 Å². The van der Waals surface area contributed by atoms with Crippen LogP contribution in [0.3, 0.4) is 0 Å². The first-order valence-corrected chi connectivity index (χ1v) is 7.47. The molecule has 2 N–H and O–H groups in total. The molecule has 5 nitrogen and oxygen atoms in total. The number of carbonyl (C=O) groups excluding carboxylic acids is 1. The molecule has 2 rings (SSSR count). The van der Waals surface area contributed by atoms with E-state index >= 15 is 0 Å². The summed E-state index contributed by atoms with van der Waals surface area (Å²) in [6.07, 6.45) is 0. The van der Waals surface area contributed by atoms with E-state index in [4.69, 9.17) is 9.47 Å². The highest BCUT2D eigenvalue weighted by molar-refractivity contribution is 7.99. The normalized spacial score (nSPS) is 9.95. The van der Waals surface area contributed by atoms with Gasteiger partial charge in [0.15, 0.2) is 0 Å². The van der Waals surface area contributed by atoms with Crippen molar-refractivity contribution in [3.05, 3.63) is 42.5 Å². The summed E-state index contributed by atoms with van der Waals surface area (Å²) in [5.41, 5.74) is 0.732. The van der Waals surface area contributed by atoms with Gasteiger partial charge in [0, 0.05) is 17.6 Å². The van der Waals surface area contributed by atoms with Gasteiger partial charge in [-0.2, -0.15) is 0 Å². The number of hydrogen-bond acceptors (Lipinski definition) is 4. The number of nitrogens with one attached hydrogen (secondary N) is 2. The van der Waals surface area contributed by atoms with E-state index in [0.717, 1.165) is 27.0 Å². The molecule has 2 aromatic carbocycles. The zero-order valence-electron chi connectivity index (χ0n) is 12.7. The second-order valence-electron chi connectivity index (χ2n) is 4.32. The van der Waals surface area contributed by atoms with Crippen molar-refractivity contribution in [3.63, 3.8) is 0 Å². The van der Waals surface area contributed by atoms with Crippen LogP contribution in [0, 0.1) is 0 Å². The van der Waals surface area contributed by atoms with Gasteiger partial charge in [0.2, 0.25) is 0 Å². The topological polar surface area (TPSA) is 59.6 Å². The number of methoxy groups -OCH3 is 2. The van der Waals surface area contributed by atoms with Gasteiger partial charge >= 0.3 is 6.03 Å². The zero-order chi connectivity index (χ0) is 15.9. The maximum atomic E-state index is 11.3. The van der Waals surface area contributed by atoms with Gasteiger partial charge in [0.25, 0.3) is 0 Å². The Hall–Kier alpha value is -2.34. The number of urea groups is 1. The first kappa shape index (κ1) is 16.0. The minimum absolute atomic E-state index is 0.244. The Bertz CT molecular complexity index is 622. The number of rotatable bonds is 5. The van der Waals surface area contributed by atoms with E-state index in [1.165, 1.54) is 0 Å². The molecule has 0 spiro atoms. The molecule has 0 heterocycles. The van der Waals surface area contributed by atoms with Gasteiger partial charge in [-0.3, -0.25) is 0 Å². The molecule has 0 fully saturated rings. The lowest BCUT2D eigenvalue weighted by Gasteiger charge is -2.12. The Labute approximate surface area is 134 Å². The fraction of sp³-hybridized carbons (Fsp3) is 0.188. The third-order valence-electron chi connectivity index (χ3n) is 2.94. The minimum Gasteiger partial charge on any atom is -0.495 e. The van der Waals surface area contributed by atoms with E-state index in [0.29, 0.717) is 0 Å². The van der Waals surface area contributed by atoms with Crippen molar-refractivity contribution in [1.29, 1.82) is 0 Å². The quantitative estimate of drug-likeness (QED) is 0.884. The highest BCUT2D eigenvalue weighted by Gasteiger charge is 2.11. The Morgan fingerprint density at radius 1 is 1.00 bits per heavy atom. The molecule has 0 aliphatic carbocycles. The summed E-state index contributed by atoms with van der Waals surface area (Å²) in [5, 5.41) is 5.23. The number of ether oxygens (including phenoxy) is 2. The predicted molar refractivity (Wildman–Crippen MR) is 88.2 cm³/mol. The lowest BCUT2D eigenvalue weighted by atomic mass is 10.3. The number of carbonyl (C=O) groups is 1. The maximum Gasteiger partial charge on any atom is 0.318 e. The first-order chi connectivity index (χ1) is 10.7. The van der Waals surface area contributed by atoms with Crippen LogP contribution in [0.4, 0.5) is 10.5 Å². The van der Waals surface area contributed by atoms with Gasteiger partial charge in [-0.05, 0) is 36.4 Å². The fourth-order valence-corrected chi connectivity index (χ4v) is 2.85. The molecule has 0 unspecified atom stereocenters. The van der Waals surface area contributed by atoms with E-state index in [9.17, 15) is 4.79 Å². The summed E-state index contributed by atoms with van der Waals surface area (Å²) in [7, 11) is 4.85. The number of hydrogen-bond donors (Lipinski definition) is 2. The summed E-state index contributed by atoms with van der Waals surface area (Å²) < 4.78 is 10.8. The highest BCUT2D eigenvalue weighted by Crippen LogP contribution is 2.41. The SMILES string of the molecule is CNC(=O)Nc1ccc(Sc2c(OC)cccc2OC)cc1. The third kappa shape index (κ3) is 3.85. The molecular formula is C16H18N2O3S. The van der Waals surface area contributed by atoms with Crippen LogP contribution < -0.4 is 20.1 Å². The molecule has 0 saturated carbocycles. The third-order valence-corrected chi connectivity index (χ3v) is 4.06. The van der Waals surface area contributed by atoms with E-state index in [-0.39, 0.29) is 6.03 Å². The molecule has 0 aliphatic rings. The van der Waals surface area contributed by atoms with E-state index in [1.807, 2.05) is 42.5 Å². The summed E-state index contributed by atoms with van der Waals surface area (Å²) in [4.78, 5) is 13.2. The van der Waals surface area contributed by atoms with Crippen LogP contribution in [0.15, 0.2) is 52.3 Å². The smallest absolute Gasteiger partial charge is 0.318 e. The van der Waals surface area contributed by atoms with Crippen LogP contribution in [-0.2, 0) is 0 Å². The summed E-state index contributed by atoms with van der Waals surface area (Å²) in [5.74, 6) is 1.52. The van der Waals surface area contributed by atoms with Crippen molar-refractivity contribution >= 4 is 23.5 Å². The van der Waals surface area contributed by atoms with Gasteiger partial charge in [0.05, 0.1) is 19.1 Å². The van der Waals surface area contributed by atoms with Gasteiger partial charge in [-0.1, -0.05) is 17.8 Å². The van der Waals surface area contributed by atoms with Crippen LogP contribution in [0.25, 0.3) is 0 Å². The van der Waals surface area contributed by atoms with Crippen molar-refractivity contribution in [1.82, 2.24) is 5.32 Å². The lowest BCUT2D eigenvalue weighted by Crippen LogP contribution is -2.24. The lowest BCUT2D eigenvalue weighted by molar-refractivity contribution is 0.254. The van der Waals surface area contributed by atoms with E-state index in [1.54, 1.807) is 33.0 Å². The maximum absolute atomic E-state index is 11.3. The number of anilines is 1. The van der Waals surface area contributed by atoms with Crippen LogP contribution in [0.1, 0.15) is 0 Å². The van der Waals surface area contributed by atoms with Crippen molar-refractivity contribution in [2.45, 2.75) is 9.79 Å². The van der Waals surface area contributed by atoms with Crippen LogP contribution in [0.5, 0.6) is 11.5 Å². The van der Waals surface area contributed by atoms with Gasteiger partial charge in [-0.25, -0.2) is 4.79 Å². The Kier molecular flexibility index (Phi) is 5.55. The summed E-state index contributed by atoms with van der Waals surface area (Å²) in [6.45, 7) is 0. The number of amides is 2. The molecule has 2 aromatic rings. The van der Waals surface area contributed by atoms with Crippen molar-refractivity contribution in [2.24, 2.45) is 0 Å². The Balaban J connectivity index is 2.19. The van der Waals surface area contributed by atoms with Gasteiger partial charge in [0.1, 0.15) is 11.5 Å². The molecule has 0 aromatic heterocycles. The van der Waals surface area contributed by atoms with Crippen molar-refractivity contribution in [3.8, 4) is 11.5 Å². The molecule has 6 heteroatoms. The molecule has 0 aliphatic heterocycles. The van der Waals surface area contributed by atoms with Crippen molar-refractivity contribution in [2.75, 3.05) is 26.6 Å². The molecule has 0 atom stereocenters. The first-order valence-electron chi connectivity index (χ1n) is 6.65. The fourth-order valence-electron chi connectivity index (χ4n) is 1.84. The standard InChI is InChI=1S/C16H18N2O3S/c1-17-16(19)18-11-7-9-12(10-8-11)22-15-13(20-2)5-4-6-14(15)21-3/h4-10H,1-3H3,(H2,17,18,19). The summed E-state index contributed by atoms with van der Waals surface area (Å²) >= 11 is 1.55. The molecule has 0 saturated heterocycles. The average Bonchev–Trinajstić information content (AvgIpc) is 2.56. The monoisotopic (exact) mass is 318 g/mol. The van der Waals surface area contributed by atoms with Crippen LogP contribution >= 0.6 is 11.8 Å². The second-order valence-corrected chi connectivity index (χ2v) is 5.41. The Morgan fingerprint density at radius 3 is 2.09 bits per heavy atom. The molecule has 2 amide bonds. The van der Waals surface area contributed by atoms with Gasteiger partial charge in [-0.15, -0.1) is 0 Å². The second kappa shape index (κ2) is 7.61. The molecule has 22 heavy (non-hydrogen) atoms. The molecule has 0 radical (unpaired) electrons. The predicted octanol–water partition coefficient (Wildman–Crippen LogP) is 3.61. The Morgan fingerprint density at radius 2 is 1.59 bits per heavy atom. The van der Waals surface area contributed by atoms with Crippen LogP contribution in [-0.4, -0.2) is 27.3 Å². The number of benzene rings is 2. The minimum atomic E-state index is -0.244. The van der Waals surface area contributed by atoms with Gasteiger partial charge < -0.3 is 20.1 Å². The van der Waals surface area contributed by atoms with Crippen molar-refractivity contribution < 1.29 is 14.3 Å².